The smallest absolute Gasteiger partial charge is 0.387 e. The van der Waals surface area contributed by atoms with Crippen LogP contribution in [0.4, 0.5) is 8.78 Å². The Morgan fingerprint density at radius 1 is 0.978 bits per heavy atom. The van der Waals surface area contributed by atoms with Gasteiger partial charge in [-0.2, -0.15) is 8.78 Å². The number of ether oxygens (including phenoxy) is 3. The number of allylic oxidation sites excluding steroid dienone is 1. The molecule has 3 aromatic carbocycles. The third kappa shape index (κ3) is 9.92. The maximum absolute atomic E-state index is 13.1. The summed E-state index contributed by atoms with van der Waals surface area (Å²) in [6.45, 7) is 5.35. The zero-order valence-corrected chi connectivity index (χ0v) is 26.5. The lowest BCUT2D eigenvalue weighted by Gasteiger charge is -2.11. The SMILES string of the molecule is CCCOCCOc1ccc(-c2ccc(OC(F)F)c(/C=C/C(=O)Cc3ccc(S(=O)Cc4c(C)ncn4CC)cc3)c2)cc1. The van der Waals surface area contributed by atoms with Gasteiger partial charge in [0.15, 0.2) is 5.78 Å². The second-order valence-electron chi connectivity index (χ2n) is 10.3. The minimum atomic E-state index is -3.01. The van der Waals surface area contributed by atoms with Gasteiger partial charge in [0.2, 0.25) is 0 Å². The first kappa shape index (κ1) is 33.7. The number of alkyl halides is 2. The Bertz CT molecular complexity index is 1600. The van der Waals surface area contributed by atoms with E-state index in [2.05, 4.69) is 4.98 Å². The van der Waals surface area contributed by atoms with Crippen molar-refractivity contribution in [2.24, 2.45) is 0 Å². The fourth-order valence-corrected chi connectivity index (χ4v) is 5.88. The van der Waals surface area contributed by atoms with Crippen LogP contribution in [0.15, 0.2) is 84.0 Å². The van der Waals surface area contributed by atoms with E-state index < -0.39 is 17.4 Å². The van der Waals surface area contributed by atoms with Crippen molar-refractivity contribution < 1.29 is 32.0 Å². The minimum Gasteiger partial charge on any atom is -0.491 e. The molecule has 1 heterocycles. The standard InChI is InChI=1S/C35H38F2N2O5S/c1-4-18-42-19-20-43-31-13-9-27(10-14-31)28-11-17-34(44-35(36)37)29(22-28)8-12-30(40)21-26-6-15-32(16-7-26)45(41)23-33-25(3)38-24-39(33)5-2/h6-17,22,24,35H,4-5,18-21,23H2,1-3H3/b12-8+. The van der Waals surface area contributed by atoms with Crippen LogP contribution in [0.2, 0.25) is 0 Å². The van der Waals surface area contributed by atoms with Gasteiger partial charge < -0.3 is 18.8 Å². The average Bonchev–Trinajstić information content (AvgIpc) is 3.39. The number of benzene rings is 3. The maximum Gasteiger partial charge on any atom is 0.387 e. The van der Waals surface area contributed by atoms with Crippen LogP contribution in [-0.4, -0.2) is 46.0 Å². The molecule has 0 bridgehead atoms. The highest BCUT2D eigenvalue weighted by molar-refractivity contribution is 7.84. The number of carbonyl (C=O) groups excluding carboxylic acids is 1. The summed E-state index contributed by atoms with van der Waals surface area (Å²) in [5.74, 6) is 0.802. The highest BCUT2D eigenvalue weighted by atomic mass is 32.2. The molecule has 0 spiro atoms. The van der Waals surface area contributed by atoms with Crippen LogP contribution >= 0.6 is 0 Å². The van der Waals surface area contributed by atoms with Gasteiger partial charge in [0.25, 0.3) is 0 Å². The van der Waals surface area contributed by atoms with E-state index in [-0.39, 0.29) is 18.0 Å². The topological polar surface area (TPSA) is 79.7 Å². The lowest BCUT2D eigenvalue weighted by molar-refractivity contribution is -0.113. The Kier molecular flexibility index (Phi) is 12.6. The quantitative estimate of drug-likeness (QED) is 0.0887. The van der Waals surface area contributed by atoms with Gasteiger partial charge in [-0.25, -0.2) is 4.98 Å². The molecule has 1 aromatic heterocycles. The second-order valence-corrected chi connectivity index (χ2v) is 11.7. The van der Waals surface area contributed by atoms with Crippen LogP contribution in [0.5, 0.6) is 11.5 Å². The lowest BCUT2D eigenvalue weighted by atomic mass is 10.0. The van der Waals surface area contributed by atoms with Crippen molar-refractivity contribution in [1.82, 2.24) is 9.55 Å². The molecule has 0 saturated heterocycles. The molecule has 1 unspecified atom stereocenters. The van der Waals surface area contributed by atoms with Crippen molar-refractivity contribution in [2.45, 2.75) is 57.4 Å². The van der Waals surface area contributed by atoms with E-state index in [4.69, 9.17) is 14.2 Å². The number of rotatable bonds is 17. The van der Waals surface area contributed by atoms with Gasteiger partial charge in [-0.15, -0.1) is 0 Å². The third-order valence-corrected chi connectivity index (χ3v) is 8.37. The number of carbonyl (C=O) groups is 1. The van der Waals surface area contributed by atoms with Gasteiger partial charge in [0.05, 0.1) is 40.9 Å². The van der Waals surface area contributed by atoms with Crippen molar-refractivity contribution in [2.75, 3.05) is 19.8 Å². The molecular formula is C35H38F2N2O5S. The fraction of sp³-hybridized carbons (Fsp3) is 0.314. The number of hydrogen-bond acceptors (Lipinski definition) is 6. The van der Waals surface area contributed by atoms with Gasteiger partial charge in [0, 0.05) is 30.0 Å². The summed E-state index contributed by atoms with van der Waals surface area (Å²) in [7, 11) is -1.26. The lowest BCUT2D eigenvalue weighted by Crippen LogP contribution is -2.06. The molecule has 0 aliphatic heterocycles. The van der Waals surface area contributed by atoms with Gasteiger partial charge in [0.1, 0.15) is 18.1 Å². The van der Waals surface area contributed by atoms with Gasteiger partial charge >= 0.3 is 6.61 Å². The largest absolute Gasteiger partial charge is 0.491 e. The van der Waals surface area contributed by atoms with E-state index in [0.717, 1.165) is 41.0 Å². The van der Waals surface area contributed by atoms with Gasteiger partial charge in [-0.1, -0.05) is 37.3 Å². The first-order valence-corrected chi connectivity index (χ1v) is 16.2. The number of aryl methyl sites for hydroxylation is 2. The van der Waals surface area contributed by atoms with E-state index >= 15 is 0 Å². The van der Waals surface area contributed by atoms with Crippen LogP contribution < -0.4 is 9.47 Å². The number of halogens is 2. The molecule has 238 valence electrons. The number of imidazole rings is 1. The molecule has 1 atom stereocenters. The first-order valence-electron chi connectivity index (χ1n) is 14.9. The molecule has 45 heavy (non-hydrogen) atoms. The fourth-order valence-electron chi connectivity index (χ4n) is 4.65. The summed E-state index contributed by atoms with van der Waals surface area (Å²) in [6.07, 6.45) is 5.65. The van der Waals surface area contributed by atoms with Gasteiger partial charge in [-0.05, 0) is 85.5 Å². The second kappa shape index (κ2) is 16.8. The molecule has 4 rings (SSSR count). The van der Waals surface area contributed by atoms with Crippen molar-refractivity contribution in [3.63, 3.8) is 0 Å². The van der Waals surface area contributed by atoms with Crippen LogP contribution in [0, 0.1) is 6.92 Å². The zero-order chi connectivity index (χ0) is 32.2. The molecule has 0 amide bonds. The molecule has 0 fully saturated rings. The van der Waals surface area contributed by atoms with E-state index in [1.54, 1.807) is 42.7 Å². The summed E-state index contributed by atoms with van der Waals surface area (Å²) in [4.78, 5) is 17.8. The predicted octanol–water partition coefficient (Wildman–Crippen LogP) is 7.42. The maximum atomic E-state index is 13.1. The Morgan fingerprint density at radius 3 is 2.40 bits per heavy atom. The summed E-state index contributed by atoms with van der Waals surface area (Å²) in [6, 6.07) is 19.4. The van der Waals surface area contributed by atoms with Crippen LogP contribution in [0.1, 0.15) is 42.8 Å². The molecule has 7 nitrogen and oxygen atoms in total. The minimum absolute atomic E-state index is 0.0312. The zero-order valence-electron chi connectivity index (χ0n) is 25.7. The summed E-state index contributed by atoms with van der Waals surface area (Å²) in [5, 5.41) is 0. The molecule has 0 N–H and O–H groups in total. The average molecular weight is 637 g/mol. The normalized spacial score (nSPS) is 12.1. The molecule has 0 aliphatic rings. The Balaban J connectivity index is 1.41. The summed E-state index contributed by atoms with van der Waals surface area (Å²) >= 11 is 0. The Hall–Kier alpha value is -4.15. The molecule has 10 heteroatoms. The third-order valence-electron chi connectivity index (χ3n) is 7.04. The monoisotopic (exact) mass is 636 g/mol. The van der Waals surface area contributed by atoms with Crippen LogP contribution in [-0.2, 0) is 39.0 Å². The highest BCUT2D eigenvalue weighted by Crippen LogP contribution is 2.30. The summed E-state index contributed by atoms with van der Waals surface area (Å²) < 4.78 is 57.0. The van der Waals surface area contributed by atoms with Crippen molar-refractivity contribution >= 4 is 22.7 Å². The molecule has 4 aromatic rings. The van der Waals surface area contributed by atoms with Gasteiger partial charge in [-0.3, -0.25) is 9.00 Å². The van der Waals surface area contributed by atoms with Crippen LogP contribution in [0.3, 0.4) is 0 Å². The molecular weight excluding hydrogens is 598 g/mol. The first-order chi connectivity index (χ1) is 21.8. The molecule has 0 radical (unpaired) electrons. The molecule has 0 aliphatic carbocycles. The van der Waals surface area contributed by atoms with Crippen LogP contribution in [0.25, 0.3) is 17.2 Å². The van der Waals surface area contributed by atoms with Crippen molar-refractivity contribution in [3.8, 4) is 22.6 Å². The molecule has 0 saturated carbocycles. The number of hydrogen-bond donors (Lipinski definition) is 0. The van der Waals surface area contributed by atoms with Crippen molar-refractivity contribution in [1.29, 1.82) is 0 Å². The number of nitrogens with zero attached hydrogens (tertiary/aromatic N) is 2. The van der Waals surface area contributed by atoms with E-state index in [1.165, 1.54) is 18.2 Å². The van der Waals surface area contributed by atoms with E-state index in [1.807, 2.05) is 49.6 Å². The van der Waals surface area contributed by atoms with E-state index in [0.29, 0.717) is 41.8 Å². The van der Waals surface area contributed by atoms with E-state index in [9.17, 15) is 17.8 Å². The Labute approximate surface area is 265 Å². The number of aromatic nitrogens is 2. The number of ketones is 1. The highest BCUT2D eigenvalue weighted by Gasteiger charge is 2.14. The predicted molar refractivity (Wildman–Crippen MR) is 172 cm³/mol. The Morgan fingerprint density at radius 2 is 1.71 bits per heavy atom. The van der Waals surface area contributed by atoms with Crippen molar-refractivity contribution in [3.05, 3.63) is 102 Å². The summed E-state index contributed by atoms with van der Waals surface area (Å²) in [5.41, 5.74) is 4.51.